The summed E-state index contributed by atoms with van der Waals surface area (Å²) in [6.07, 6.45) is 1.92. The number of hydrogen-bond donors (Lipinski definition) is 1. The molecule has 1 aromatic rings. The van der Waals surface area contributed by atoms with E-state index in [-0.39, 0.29) is 22.5 Å². The minimum absolute atomic E-state index is 0.162. The number of aromatic hydroxyl groups is 1. The first-order valence-electron chi connectivity index (χ1n) is 8.01. The van der Waals surface area contributed by atoms with Crippen LogP contribution in [0.5, 0.6) is 11.5 Å². The lowest BCUT2D eigenvalue weighted by Gasteiger charge is -2.30. The number of phenols is 1. The number of rotatable bonds is 6. The first-order valence-corrected chi connectivity index (χ1v) is 8.01. The molecular weight excluding hydrogens is 292 g/mol. The molecule has 1 aromatic carbocycles. The van der Waals surface area contributed by atoms with Gasteiger partial charge in [-0.25, -0.2) is 0 Å². The van der Waals surface area contributed by atoms with Crippen molar-refractivity contribution in [2.24, 2.45) is 0 Å². The number of hydrogen-bond acceptors (Lipinski definition) is 4. The van der Waals surface area contributed by atoms with Gasteiger partial charge in [-0.05, 0) is 35.8 Å². The van der Waals surface area contributed by atoms with Crippen LogP contribution in [-0.2, 0) is 20.4 Å². The van der Waals surface area contributed by atoms with Crippen molar-refractivity contribution in [1.82, 2.24) is 0 Å². The van der Waals surface area contributed by atoms with Gasteiger partial charge < -0.3 is 14.6 Å². The van der Waals surface area contributed by atoms with Crippen LogP contribution < -0.4 is 4.74 Å². The summed E-state index contributed by atoms with van der Waals surface area (Å²) in [6, 6.07) is 3.73. The van der Waals surface area contributed by atoms with Crippen LogP contribution in [0.2, 0.25) is 0 Å². The lowest BCUT2D eigenvalue weighted by Crippen LogP contribution is -2.20. The van der Waals surface area contributed by atoms with Crippen LogP contribution in [0, 0.1) is 0 Å². The molecule has 0 fully saturated rings. The van der Waals surface area contributed by atoms with E-state index in [0.29, 0.717) is 6.42 Å². The highest BCUT2D eigenvalue weighted by Gasteiger charge is 2.28. The number of carbonyl (C=O) groups is 1. The summed E-state index contributed by atoms with van der Waals surface area (Å²) in [5.41, 5.74) is 1.44. The van der Waals surface area contributed by atoms with E-state index < -0.39 is 0 Å². The number of carbonyl (C=O) groups excluding carboxylic acids is 1. The third kappa shape index (κ3) is 4.88. The molecule has 0 aliphatic rings. The number of esters is 1. The van der Waals surface area contributed by atoms with Gasteiger partial charge in [0.2, 0.25) is 0 Å². The maximum absolute atomic E-state index is 11.3. The van der Waals surface area contributed by atoms with Gasteiger partial charge in [0.05, 0.1) is 14.2 Å². The smallest absolute Gasteiger partial charge is 0.305 e. The SMILES string of the molecule is COC(=O)CCCC(C)(C)c1cc(O)c(C(C)(C)C)cc1OC. The van der Waals surface area contributed by atoms with Gasteiger partial charge in [-0.3, -0.25) is 4.79 Å². The summed E-state index contributed by atoms with van der Waals surface area (Å²) in [5.74, 6) is 0.865. The van der Waals surface area contributed by atoms with Crippen LogP contribution in [0.1, 0.15) is 65.0 Å². The van der Waals surface area contributed by atoms with Crippen molar-refractivity contribution in [2.75, 3.05) is 14.2 Å². The van der Waals surface area contributed by atoms with E-state index in [1.165, 1.54) is 7.11 Å². The minimum Gasteiger partial charge on any atom is -0.508 e. The van der Waals surface area contributed by atoms with Gasteiger partial charge in [-0.2, -0.15) is 0 Å². The summed E-state index contributed by atoms with van der Waals surface area (Å²) in [6.45, 7) is 10.4. The molecule has 0 heterocycles. The zero-order valence-corrected chi connectivity index (χ0v) is 15.4. The van der Waals surface area contributed by atoms with Crippen LogP contribution >= 0.6 is 0 Å². The quantitative estimate of drug-likeness (QED) is 0.793. The Balaban J connectivity index is 3.10. The van der Waals surface area contributed by atoms with Crippen LogP contribution in [0.3, 0.4) is 0 Å². The highest BCUT2D eigenvalue weighted by Crippen LogP contribution is 2.42. The van der Waals surface area contributed by atoms with Crippen molar-refractivity contribution in [3.8, 4) is 11.5 Å². The van der Waals surface area contributed by atoms with E-state index in [0.717, 1.165) is 29.7 Å². The minimum atomic E-state index is -0.215. The molecule has 0 saturated carbocycles. The van der Waals surface area contributed by atoms with E-state index in [9.17, 15) is 9.90 Å². The van der Waals surface area contributed by atoms with Crippen molar-refractivity contribution >= 4 is 5.97 Å². The maximum Gasteiger partial charge on any atom is 0.305 e. The monoisotopic (exact) mass is 322 g/mol. The molecule has 4 nitrogen and oxygen atoms in total. The van der Waals surface area contributed by atoms with Gasteiger partial charge in [-0.1, -0.05) is 34.6 Å². The van der Waals surface area contributed by atoms with Gasteiger partial charge in [0.15, 0.2) is 0 Å². The molecule has 0 unspecified atom stereocenters. The van der Waals surface area contributed by atoms with Crippen molar-refractivity contribution in [1.29, 1.82) is 0 Å². The van der Waals surface area contributed by atoms with Crippen molar-refractivity contribution in [2.45, 2.75) is 64.7 Å². The molecule has 4 heteroatoms. The fourth-order valence-electron chi connectivity index (χ4n) is 2.78. The molecule has 0 amide bonds. The summed E-state index contributed by atoms with van der Waals surface area (Å²) in [5, 5.41) is 10.4. The predicted octanol–water partition coefficient (Wildman–Crippen LogP) is 4.32. The Morgan fingerprint density at radius 1 is 1.09 bits per heavy atom. The van der Waals surface area contributed by atoms with Gasteiger partial charge in [-0.15, -0.1) is 0 Å². The third-order valence-electron chi connectivity index (χ3n) is 4.27. The first kappa shape index (κ1) is 19.3. The predicted molar refractivity (Wildman–Crippen MR) is 92.3 cm³/mol. The molecule has 0 saturated heterocycles. The van der Waals surface area contributed by atoms with Gasteiger partial charge >= 0.3 is 5.97 Å². The molecule has 0 aliphatic carbocycles. The Morgan fingerprint density at radius 2 is 1.70 bits per heavy atom. The summed E-state index contributed by atoms with van der Waals surface area (Å²) in [7, 11) is 3.05. The highest BCUT2D eigenvalue weighted by atomic mass is 16.5. The second kappa shape index (κ2) is 7.24. The van der Waals surface area contributed by atoms with Crippen LogP contribution in [0.4, 0.5) is 0 Å². The third-order valence-corrected chi connectivity index (χ3v) is 4.27. The van der Waals surface area contributed by atoms with Gasteiger partial charge in [0.25, 0.3) is 0 Å². The Labute approximate surface area is 139 Å². The lowest BCUT2D eigenvalue weighted by molar-refractivity contribution is -0.140. The van der Waals surface area contributed by atoms with E-state index in [1.807, 2.05) is 6.07 Å². The molecule has 130 valence electrons. The van der Waals surface area contributed by atoms with E-state index in [1.54, 1.807) is 13.2 Å². The Morgan fingerprint density at radius 3 is 2.17 bits per heavy atom. The standard InChI is InChI=1S/C19H30O4/c1-18(2,3)13-12-16(22-6)14(11-15(13)20)19(4,5)10-8-9-17(21)23-7/h11-12,20H,8-10H2,1-7H3. The van der Waals surface area contributed by atoms with Crippen LogP contribution in [-0.4, -0.2) is 25.3 Å². The average molecular weight is 322 g/mol. The molecule has 0 aromatic heterocycles. The zero-order valence-electron chi connectivity index (χ0n) is 15.4. The molecule has 0 bridgehead atoms. The number of ether oxygens (including phenoxy) is 2. The molecule has 0 radical (unpaired) electrons. The van der Waals surface area contributed by atoms with E-state index >= 15 is 0 Å². The second-order valence-electron chi connectivity index (χ2n) is 7.63. The average Bonchev–Trinajstić information content (AvgIpc) is 2.45. The first-order chi connectivity index (χ1) is 10.5. The zero-order chi connectivity index (χ0) is 17.8. The lowest BCUT2D eigenvalue weighted by atomic mass is 9.77. The molecule has 1 rings (SSSR count). The van der Waals surface area contributed by atoms with Crippen LogP contribution in [0.15, 0.2) is 12.1 Å². The van der Waals surface area contributed by atoms with E-state index in [4.69, 9.17) is 4.74 Å². The summed E-state index contributed by atoms with van der Waals surface area (Å²) in [4.78, 5) is 11.3. The Hall–Kier alpha value is -1.71. The number of benzene rings is 1. The molecule has 0 aliphatic heterocycles. The Kier molecular flexibility index (Phi) is 6.09. The highest BCUT2D eigenvalue weighted by molar-refractivity contribution is 5.69. The van der Waals surface area contributed by atoms with Gasteiger partial charge in [0.1, 0.15) is 11.5 Å². The van der Waals surface area contributed by atoms with Gasteiger partial charge in [0, 0.05) is 17.5 Å². The molecule has 0 atom stereocenters. The number of phenolic OH excluding ortho intramolecular Hbond substituents is 1. The Bertz CT molecular complexity index is 553. The van der Waals surface area contributed by atoms with Crippen LogP contribution in [0.25, 0.3) is 0 Å². The van der Waals surface area contributed by atoms with E-state index in [2.05, 4.69) is 39.4 Å². The molecule has 0 spiro atoms. The van der Waals surface area contributed by atoms with Crippen molar-refractivity contribution in [3.05, 3.63) is 23.3 Å². The maximum atomic E-state index is 11.3. The largest absolute Gasteiger partial charge is 0.508 e. The second-order valence-corrected chi connectivity index (χ2v) is 7.63. The molecule has 23 heavy (non-hydrogen) atoms. The normalized spacial score (nSPS) is 12.1. The fourth-order valence-corrected chi connectivity index (χ4v) is 2.78. The van der Waals surface area contributed by atoms with Crippen molar-refractivity contribution < 1.29 is 19.4 Å². The topological polar surface area (TPSA) is 55.8 Å². The fraction of sp³-hybridized carbons (Fsp3) is 0.632. The molecular formula is C19H30O4. The molecule has 1 N–H and O–H groups in total. The summed E-state index contributed by atoms with van der Waals surface area (Å²) >= 11 is 0. The van der Waals surface area contributed by atoms with Crippen molar-refractivity contribution in [3.63, 3.8) is 0 Å². The summed E-state index contributed by atoms with van der Waals surface area (Å²) < 4.78 is 10.3. The number of methoxy groups -OCH3 is 2.